The van der Waals surface area contributed by atoms with E-state index in [0.717, 1.165) is 6.42 Å². The second-order valence-corrected chi connectivity index (χ2v) is 6.76. The Morgan fingerprint density at radius 3 is 2.59 bits per heavy atom. The molecule has 0 aliphatic rings. The van der Waals surface area contributed by atoms with Crippen LogP contribution in [0.3, 0.4) is 0 Å². The fraction of sp³-hybridized carbons (Fsp3) is 0.471. The largest absolute Gasteiger partial charge is 0.522 e. The van der Waals surface area contributed by atoms with E-state index < -0.39 is 13.0 Å². The van der Waals surface area contributed by atoms with Crippen molar-refractivity contribution in [1.82, 2.24) is 20.5 Å². The Kier molecular flexibility index (Phi) is 8.69. The highest BCUT2D eigenvalue weighted by molar-refractivity contribution is 6.43. The Labute approximate surface area is 176 Å². The van der Waals surface area contributed by atoms with E-state index in [1.165, 1.54) is 0 Å². The quantitative estimate of drug-likeness (QED) is 0.530. The standard InChI is InChI=1S/C17H21Cl2F3N6O/c1-2-8-28(9-6-24-7-10-29-17(20,21)22)16-25-15(23)14(26-27-16)11-4-3-5-12(18)13(11)19/h3-5,24H,2,6-10H2,1H3,(H2,23,25,27). The highest BCUT2D eigenvalue weighted by Crippen LogP contribution is 2.34. The number of rotatable bonds is 10. The normalized spacial score (nSPS) is 11.7. The molecule has 1 aromatic carbocycles. The van der Waals surface area contributed by atoms with Gasteiger partial charge >= 0.3 is 6.36 Å². The van der Waals surface area contributed by atoms with Gasteiger partial charge in [-0.15, -0.1) is 23.4 Å². The lowest BCUT2D eigenvalue weighted by Crippen LogP contribution is -2.35. The lowest BCUT2D eigenvalue weighted by atomic mass is 10.1. The fourth-order valence-electron chi connectivity index (χ4n) is 2.50. The van der Waals surface area contributed by atoms with E-state index in [-0.39, 0.29) is 12.4 Å². The van der Waals surface area contributed by atoms with Crippen molar-refractivity contribution in [3.05, 3.63) is 28.2 Å². The summed E-state index contributed by atoms with van der Waals surface area (Å²) in [6.07, 6.45) is -3.82. The summed E-state index contributed by atoms with van der Waals surface area (Å²) >= 11 is 12.2. The number of aromatic nitrogens is 3. The van der Waals surface area contributed by atoms with Crippen LogP contribution in [0.4, 0.5) is 24.9 Å². The Hall–Kier alpha value is -1.88. The molecule has 0 unspecified atom stereocenters. The molecule has 0 saturated carbocycles. The number of ether oxygens (including phenoxy) is 1. The van der Waals surface area contributed by atoms with Gasteiger partial charge in [0.25, 0.3) is 0 Å². The highest BCUT2D eigenvalue weighted by atomic mass is 35.5. The van der Waals surface area contributed by atoms with Gasteiger partial charge in [0.2, 0.25) is 5.95 Å². The third kappa shape index (κ3) is 7.14. The second-order valence-electron chi connectivity index (χ2n) is 5.98. The van der Waals surface area contributed by atoms with Gasteiger partial charge < -0.3 is 16.0 Å². The van der Waals surface area contributed by atoms with E-state index in [9.17, 15) is 13.2 Å². The van der Waals surface area contributed by atoms with Crippen LogP contribution in [0.15, 0.2) is 18.2 Å². The van der Waals surface area contributed by atoms with E-state index in [1.54, 1.807) is 18.2 Å². The van der Waals surface area contributed by atoms with Gasteiger partial charge in [-0.25, -0.2) is 0 Å². The van der Waals surface area contributed by atoms with Crippen molar-refractivity contribution in [1.29, 1.82) is 0 Å². The fourth-order valence-corrected chi connectivity index (χ4v) is 2.89. The van der Waals surface area contributed by atoms with Crippen molar-refractivity contribution < 1.29 is 17.9 Å². The molecule has 2 aromatic rings. The number of nitrogens with zero attached hydrogens (tertiary/aromatic N) is 4. The summed E-state index contributed by atoms with van der Waals surface area (Å²) < 4.78 is 39.5. The Bertz CT molecular complexity index is 809. The molecule has 29 heavy (non-hydrogen) atoms. The van der Waals surface area contributed by atoms with Gasteiger partial charge in [-0.05, 0) is 12.5 Å². The number of nitrogens with two attached hydrogens (primary N) is 1. The molecule has 160 valence electrons. The third-order valence-electron chi connectivity index (χ3n) is 3.79. The summed E-state index contributed by atoms with van der Waals surface area (Å²) in [5.41, 5.74) is 6.90. The van der Waals surface area contributed by atoms with Crippen LogP contribution in [0, 0.1) is 0 Å². The van der Waals surface area contributed by atoms with Crippen molar-refractivity contribution in [2.24, 2.45) is 0 Å². The monoisotopic (exact) mass is 452 g/mol. The summed E-state index contributed by atoms with van der Waals surface area (Å²) in [5, 5.41) is 11.8. The van der Waals surface area contributed by atoms with Crippen LogP contribution in [0.25, 0.3) is 11.3 Å². The number of nitrogen functional groups attached to an aromatic ring is 1. The maximum absolute atomic E-state index is 11.9. The molecular formula is C17H21Cl2F3N6O. The molecule has 7 nitrogen and oxygen atoms in total. The minimum Gasteiger partial charge on any atom is -0.382 e. The van der Waals surface area contributed by atoms with Crippen LogP contribution in [0.2, 0.25) is 10.0 Å². The summed E-state index contributed by atoms with van der Waals surface area (Å²) in [7, 11) is 0. The van der Waals surface area contributed by atoms with Crippen LogP contribution in [-0.4, -0.2) is 54.3 Å². The Balaban J connectivity index is 2.02. The molecule has 0 amide bonds. The topological polar surface area (TPSA) is 89.2 Å². The zero-order chi connectivity index (χ0) is 21.4. The van der Waals surface area contributed by atoms with Gasteiger partial charge in [-0.1, -0.05) is 42.3 Å². The zero-order valence-electron chi connectivity index (χ0n) is 15.6. The molecular weight excluding hydrogens is 432 g/mol. The molecule has 3 N–H and O–H groups in total. The predicted octanol–water partition coefficient (Wildman–Crippen LogP) is 3.77. The Morgan fingerprint density at radius 2 is 1.93 bits per heavy atom. The summed E-state index contributed by atoms with van der Waals surface area (Å²) in [4.78, 5) is 6.15. The lowest BCUT2D eigenvalue weighted by Gasteiger charge is -2.22. The molecule has 0 aliphatic carbocycles. The number of nitrogens with one attached hydrogen (secondary N) is 1. The van der Waals surface area contributed by atoms with Gasteiger partial charge in [0.05, 0.1) is 16.7 Å². The molecule has 0 radical (unpaired) electrons. The third-order valence-corrected chi connectivity index (χ3v) is 4.61. The maximum Gasteiger partial charge on any atom is 0.522 e. The number of hydrogen-bond acceptors (Lipinski definition) is 7. The maximum atomic E-state index is 11.9. The van der Waals surface area contributed by atoms with E-state index in [1.807, 2.05) is 11.8 Å². The molecule has 1 heterocycles. The molecule has 0 saturated heterocycles. The predicted molar refractivity (Wildman–Crippen MR) is 107 cm³/mol. The molecule has 12 heteroatoms. The van der Waals surface area contributed by atoms with E-state index in [4.69, 9.17) is 28.9 Å². The van der Waals surface area contributed by atoms with Gasteiger partial charge in [0.15, 0.2) is 5.82 Å². The first-order valence-corrected chi connectivity index (χ1v) is 9.59. The Morgan fingerprint density at radius 1 is 1.17 bits per heavy atom. The van der Waals surface area contributed by atoms with Crippen LogP contribution < -0.4 is 16.0 Å². The van der Waals surface area contributed by atoms with Crippen molar-refractivity contribution in [2.45, 2.75) is 19.7 Å². The van der Waals surface area contributed by atoms with Crippen molar-refractivity contribution in [2.75, 3.05) is 43.4 Å². The first-order valence-electron chi connectivity index (χ1n) is 8.84. The number of alkyl halides is 3. The minimum atomic E-state index is -4.62. The number of halogens is 5. The van der Waals surface area contributed by atoms with Crippen LogP contribution >= 0.6 is 23.2 Å². The van der Waals surface area contributed by atoms with E-state index >= 15 is 0 Å². The molecule has 1 aromatic heterocycles. The minimum absolute atomic E-state index is 0.0624. The van der Waals surface area contributed by atoms with Crippen molar-refractivity contribution in [3.8, 4) is 11.3 Å². The van der Waals surface area contributed by atoms with Gasteiger partial charge in [0.1, 0.15) is 5.69 Å². The SMILES string of the molecule is CCCN(CCNCCOC(F)(F)F)c1nnc(-c2cccc(Cl)c2Cl)c(N)n1. The van der Waals surface area contributed by atoms with E-state index in [2.05, 4.69) is 25.2 Å². The number of anilines is 2. The van der Waals surface area contributed by atoms with Gasteiger partial charge in [0, 0.05) is 31.7 Å². The first-order chi connectivity index (χ1) is 13.7. The van der Waals surface area contributed by atoms with Crippen molar-refractivity contribution >= 4 is 35.0 Å². The first kappa shape index (κ1) is 23.4. The van der Waals surface area contributed by atoms with Crippen LogP contribution in [-0.2, 0) is 4.74 Å². The second kappa shape index (κ2) is 10.8. The summed E-state index contributed by atoms with van der Waals surface area (Å²) in [5.74, 6) is 0.464. The number of benzene rings is 1. The summed E-state index contributed by atoms with van der Waals surface area (Å²) in [6, 6.07) is 5.08. The molecule has 0 fully saturated rings. The van der Waals surface area contributed by atoms with Crippen molar-refractivity contribution in [3.63, 3.8) is 0 Å². The molecule has 0 spiro atoms. The molecule has 0 aliphatic heterocycles. The van der Waals surface area contributed by atoms with E-state index in [0.29, 0.717) is 46.9 Å². The lowest BCUT2D eigenvalue weighted by molar-refractivity contribution is -0.323. The smallest absolute Gasteiger partial charge is 0.382 e. The molecule has 0 bridgehead atoms. The average molecular weight is 453 g/mol. The highest BCUT2D eigenvalue weighted by Gasteiger charge is 2.28. The number of hydrogen-bond donors (Lipinski definition) is 2. The van der Waals surface area contributed by atoms with Crippen LogP contribution in [0.5, 0.6) is 0 Å². The summed E-state index contributed by atoms with van der Waals surface area (Å²) in [6.45, 7) is 3.07. The van der Waals surface area contributed by atoms with Gasteiger partial charge in [-0.3, -0.25) is 4.74 Å². The van der Waals surface area contributed by atoms with Crippen LogP contribution in [0.1, 0.15) is 13.3 Å². The zero-order valence-corrected chi connectivity index (χ0v) is 17.2. The molecule has 2 rings (SSSR count). The molecule has 0 atom stereocenters. The van der Waals surface area contributed by atoms with Gasteiger partial charge in [-0.2, -0.15) is 4.98 Å². The average Bonchev–Trinajstić information content (AvgIpc) is 2.65.